The molecule has 0 amide bonds. The molecule has 1 nitrogen and oxygen atoms in total. The lowest BCUT2D eigenvalue weighted by Crippen LogP contribution is -2.23. The Labute approximate surface area is 155 Å². The van der Waals surface area contributed by atoms with E-state index in [1.54, 1.807) is 0 Å². The van der Waals surface area contributed by atoms with Crippen molar-refractivity contribution in [3.63, 3.8) is 0 Å². The molecule has 1 aliphatic rings. The van der Waals surface area contributed by atoms with Gasteiger partial charge < -0.3 is 4.74 Å². The lowest BCUT2D eigenvalue weighted by molar-refractivity contribution is 0.0933. The second-order valence-corrected chi connectivity index (χ2v) is 6.88. The van der Waals surface area contributed by atoms with Crippen molar-refractivity contribution in [1.29, 1.82) is 0 Å². The van der Waals surface area contributed by atoms with Gasteiger partial charge in [0.1, 0.15) is 5.76 Å². The van der Waals surface area contributed by atoms with Crippen molar-refractivity contribution in [3.05, 3.63) is 119 Å². The van der Waals surface area contributed by atoms with Gasteiger partial charge in [-0.1, -0.05) is 90.5 Å². The molecule has 0 radical (unpaired) electrons. The van der Waals surface area contributed by atoms with Crippen LogP contribution in [0.3, 0.4) is 0 Å². The molecule has 128 valence electrons. The quantitative estimate of drug-likeness (QED) is 0.539. The van der Waals surface area contributed by atoms with E-state index in [4.69, 9.17) is 4.74 Å². The van der Waals surface area contributed by atoms with E-state index < -0.39 is 5.60 Å². The van der Waals surface area contributed by atoms with Gasteiger partial charge in [-0.25, -0.2) is 0 Å². The summed E-state index contributed by atoms with van der Waals surface area (Å²) in [7, 11) is 0. The summed E-state index contributed by atoms with van der Waals surface area (Å²) < 4.78 is 6.51. The van der Waals surface area contributed by atoms with Crippen molar-refractivity contribution < 1.29 is 4.74 Å². The van der Waals surface area contributed by atoms with E-state index in [1.165, 1.54) is 16.7 Å². The van der Waals surface area contributed by atoms with Gasteiger partial charge >= 0.3 is 0 Å². The third kappa shape index (κ3) is 3.09. The molecular formula is C25H22O. The summed E-state index contributed by atoms with van der Waals surface area (Å²) in [5.41, 5.74) is 5.42. The first kappa shape index (κ1) is 16.4. The monoisotopic (exact) mass is 338 g/mol. The number of rotatable bonds is 3. The fraction of sp³-hybridized carbons (Fsp3) is 0.120. The van der Waals surface area contributed by atoms with E-state index >= 15 is 0 Å². The minimum atomic E-state index is -0.504. The average Bonchev–Trinajstić information content (AvgIpc) is 3.01. The van der Waals surface area contributed by atoms with Crippen LogP contribution < -0.4 is 0 Å². The van der Waals surface area contributed by atoms with E-state index in [0.717, 1.165) is 16.9 Å². The van der Waals surface area contributed by atoms with Crippen molar-refractivity contribution in [2.75, 3.05) is 0 Å². The van der Waals surface area contributed by atoms with Crippen LogP contribution in [0, 0.1) is 6.92 Å². The lowest BCUT2D eigenvalue weighted by atomic mass is 9.84. The minimum Gasteiger partial charge on any atom is -0.478 e. The maximum absolute atomic E-state index is 6.51. The topological polar surface area (TPSA) is 9.23 Å². The van der Waals surface area contributed by atoms with E-state index in [-0.39, 0.29) is 0 Å². The number of hydrogen-bond donors (Lipinski definition) is 0. The smallest absolute Gasteiger partial charge is 0.157 e. The predicted octanol–water partition coefficient (Wildman–Crippen LogP) is 6.37. The highest BCUT2D eigenvalue weighted by Gasteiger charge is 2.39. The molecule has 1 unspecified atom stereocenters. The van der Waals surface area contributed by atoms with Crippen LogP contribution in [-0.2, 0) is 10.3 Å². The SMILES string of the molecule is Cc1ccc(C2(C)O/C(=C\c3ccccc3)C=C2c2ccccc2)cc1. The van der Waals surface area contributed by atoms with Crippen LogP contribution in [0.4, 0.5) is 0 Å². The molecule has 0 bridgehead atoms. The summed E-state index contributed by atoms with van der Waals surface area (Å²) in [5, 5.41) is 0. The van der Waals surface area contributed by atoms with Crippen LogP contribution in [-0.4, -0.2) is 0 Å². The molecule has 3 aromatic rings. The van der Waals surface area contributed by atoms with Crippen LogP contribution in [0.2, 0.25) is 0 Å². The van der Waals surface area contributed by atoms with E-state index in [2.05, 4.69) is 86.7 Å². The van der Waals surface area contributed by atoms with Crippen LogP contribution in [0.5, 0.6) is 0 Å². The molecule has 1 heterocycles. The Kier molecular flexibility index (Phi) is 4.22. The molecule has 1 atom stereocenters. The number of aryl methyl sites for hydroxylation is 1. The van der Waals surface area contributed by atoms with E-state index in [9.17, 15) is 0 Å². The normalized spacial score (nSPS) is 20.7. The Balaban J connectivity index is 1.82. The fourth-order valence-corrected chi connectivity index (χ4v) is 3.45. The molecule has 1 aliphatic heterocycles. The summed E-state index contributed by atoms with van der Waals surface area (Å²) >= 11 is 0. The molecule has 0 aliphatic carbocycles. The molecule has 0 saturated carbocycles. The van der Waals surface area contributed by atoms with Crippen LogP contribution >= 0.6 is 0 Å². The standard InChI is InChI=1S/C25H22O/c1-19-13-15-22(16-14-19)25(2)24(21-11-7-4-8-12-21)18-23(26-25)17-20-9-5-3-6-10-20/h3-18H,1-2H3/b23-17-. The van der Waals surface area contributed by atoms with Crippen LogP contribution in [0.15, 0.2) is 96.8 Å². The highest BCUT2D eigenvalue weighted by molar-refractivity contribution is 5.79. The molecular weight excluding hydrogens is 316 g/mol. The van der Waals surface area contributed by atoms with E-state index in [0.29, 0.717) is 0 Å². The second-order valence-electron chi connectivity index (χ2n) is 6.88. The van der Waals surface area contributed by atoms with E-state index in [1.807, 2.05) is 24.3 Å². The van der Waals surface area contributed by atoms with Crippen molar-refractivity contribution in [2.45, 2.75) is 19.4 Å². The highest BCUT2D eigenvalue weighted by atomic mass is 16.5. The first-order valence-electron chi connectivity index (χ1n) is 8.96. The van der Waals surface area contributed by atoms with Gasteiger partial charge in [0.05, 0.1) is 0 Å². The summed E-state index contributed by atoms with van der Waals surface area (Å²) in [5.74, 6) is 0.887. The zero-order valence-corrected chi connectivity index (χ0v) is 15.1. The highest BCUT2D eigenvalue weighted by Crippen LogP contribution is 2.46. The summed E-state index contributed by atoms with van der Waals surface area (Å²) in [6.07, 6.45) is 4.27. The largest absolute Gasteiger partial charge is 0.478 e. The maximum atomic E-state index is 6.51. The Morgan fingerprint density at radius 1 is 0.769 bits per heavy atom. The first-order valence-corrected chi connectivity index (χ1v) is 8.96. The van der Waals surface area contributed by atoms with Gasteiger partial charge in [0.15, 0.2) is 5.60 Å². The molecule has 0 aromatic heterocycles. The summed E-state index contributed by atoms with van der Waals surface area (Å²) in [6.45, 7) is 4.26. The Morgan fingerprint density at radius 3 is 2.04 bits per heavy atom. The summed E-state index contributed by atoms with van der Waals surface area (Å²) in [6, 6.07) is 29.4. The van der Waals surface area contributed by atoms with Crippen molar-refractivity contribution >= 4 is 11.6 Å². The lowest BCUT2D eigenvalue weighted by Gasteiger charge is -2.29. The molecule has 3 aromatic carbocycles. The Bertz CT molecular complexity index is 950. The number of hydrogen-bond acceptors (Lipinski definition) is 1. The van der Waals surface area contributed by atoms with Gasteiger partial charge in [-0.3, -0.25) is 0 Å². The van der Waals surface area contributed by atoms with Crippen molar-refractivity contribution in [3.8, 4) is 0 Å². The number of benzene rings is 3. The number of ether oxygens (including phenoxy) is 1. The molecule has 1 heteroatoms. The predicted molar refractivity (Wildman–Crippen MR) is 108 cm³/mol. The van der Waals surface area contributed by atoms with Gasteiger partial charge in [-0.05, 0) is 42.7 Å². The third-order valence-electron chi connectivity index (χ3n) is 4.92. The van der Waals surface area contributed by atoms with Crippen LogP contribution in [0.25, 0.3) is 11.6 Å². The van der Waals surface area contributed by atoms with Crippen LogP contribution in [0.1, 0.15) is 29.2 Å². The van der Waals surface area contributed by atoms with Gasteiger partial charge in [-0.2, -0.15) is 0 Å². The summed E-state index contributed by atoms with van der Waals surface area (Å²) in [4.78, 5) is 0. The molecule has 0 saturated heterocycles. The molecule has 26 heavy (non-hydrogen) atoms. The van der Waals surface area contributed by atoms with Crippen molar-refractivity contribution in [1.82, 2.24) is 0 Å². The van der Waals surface area contributed by atoms with Gasteiger partial charge in [0.2, 0.25) is 0 Å². The maximum Gasteiger partial charge on any atom is 0.157 e. The third-order valence-corrected chi connectivity index (χ3v) is 4.92. The Morgan fingerprint density at radius 2 is 1.38 bits per heavy atom. The second kappa shape index (κ2) is 6.68. The first-order chi connectivity index (χ1) is 12.6. The molecule has 4 rings (SSSR count). The van der Waals surface area contributed by atoms with Gasteiger partial charge in [0, 0.05) is 5.57 Å². The van der Waals surface area contributed by atoms with Gasteiger partial charge in [0.25, 0.3) is 0 Å². The van der Waals surface area contributed by atoms with Gasteiger partial charge in [-0.15, -0.1) is 0 Å². The fourth-order valence-electron chi connectivity index (χ4n) is 3.45. The van der Waals surface area contributed by atoms with Crippen molar-refractivity contribution in [2.24, 2.45) is 0 Å². The zero-order valence-electron chi connectivity index (χ0n) is 15.1. The number of allylic oxidation sites excluding steroid dienone is 1. The minimum absolute atomic E-state index is 0.504. The molecule has 0 fully saturated rings. The molecule has 0 N–H and O–H groups in total. The molecule has 0 spiro atoms. The average molecular weight is 338 g/mol. The zero-order chi connectivity index (χ0) is 18.0. The Hall–Kier alpha value is -3.06.